The zero-order valence-corrected chi connectivity index (χ0v) is 11.7. The van der Waals surface area contributed by atoms with Crippen LogP contribution in [0.15, 0.2) is 25.6 Å². The smallest absolute Gasteiger partial charge is 0.0369 e. The molecule has 0 aliphatic heterocycles. The summed E-state index contributed by atoms with van der Waals surface area (Å²) >= 11 is 13.8. The van der Waals surface area contributed by atoms with Crippen LogP contribution in [0.2, 0.25) is 0 Å². The highest BCUT2D eigenvalue weighted by atomic mass is 79.9. The van der Waals surface area contributed by atoms with Crippen LogP contribution >= 0.6 is 63.7 Å². The molecular weight excluding hydrogens is 404 g/mol. The van der Waals surface area contributed by atoms with Crippen molar-refractivity contribution in [2.45, 2.75) is 5.33 Å². The van der Waals surface area contributed by atoms with Crippen LogP contribution in [0.4, 0.5) is 0 Å². The van der Waals surface area contributed by atoms with Crippen molar-refractivity contribution in [3.63, 3.8) is 0 Å². The second kappa shape index (κ2) is 4.40. The van der Waals surface area contributed by atoms with Crippen LogP contribution in [-0.2, 0) is 5.33 Å². The van der Waals surface area contributed by atoms with E-state index >= 15 is 0 Å². The Morgan fingerprint density at radius 3 is 2.00 bits per heavy atom. The Morgan fingerprint density at radius 1 is 1.00 bits per heavy atom. The average Bonchev–Trinajstić information content (AvgIpc) is 1.99. The van der Waals surface area contributed by atoms with Crippen molar-refractivity contribution in [1.29, 1.82) is 0 Å². The first-order valence-electron chi connectivity index (χ1n) is 2.85. The maximum atomic E-state index is 3.48. The van der Waals surface area contributed by atoms with E-state index < -0.39 is 0 Å². The van der Waals surface area contributed by atoms with Crippen LogP contribution in [0, 0.1) is 0 Å². The van der Waals surface area contributed by atoms with E-state index in [1.54, 1.807) is 0 Å². The lowest BCUT2D eigenvalue weighted by molar-refractivity contribution is 1.35. The van der Waals surface area contributed by atoms with Crippen LogP contribution < -0.4 is 0 Å². The largest absolute Gasteiger partial charge is 0.0875 e. The fourth-order valence-electron chi connectivity index (χ4n) is 0.692. The summed E-state index contributed by atoms with van der Waals surface area (Å²) < 4.78 is 3.29. The molecule has 0 fully saturated rings. The van der Waals surface area contributed by atoms with E-state index in [0.29, 0.717) is 0 Å². The molecule has 0 saturated carbocycles. The summed E-state index contributed by atoms with van der Waals surface area (Å²) in [4.78, 5) is 0. The molecule has 0 unspecified atom stereocenters. The van der Waals surface area contributed by atoms with Gasteiger partial charge in [0, 0.05) is 18.7 Å². The van der Waals surface area contributed by atoms with Gasteiger partial charge in [-0.15, -0.1) is 0 Å². The number of hydrogen-bond acceptors (Lipinski definition) is 0. The highest BCUT2D eigenvalue weighted by Gasteiger charge is 2.05. The molecule has 0 spiro atoms. The maximum absolute atomic E-state index is 3.48. The van der Waals surface area contributed by atoms with Gasteiger partial charge in [0.05, 0.1) is 0 Å². The topological polar surface area (TPSA) is 0 Å². The van der Waals surface area contributed by atoms with E-state index in [2.05, 4.69) is 63.7 Å². The minimum atomic E-state index is 0.841. The molecule has 0 aromatic heterocycles. The molecule has 0 aliphatic rings. The third-order valence-corrected chi connectivity index (χ3v) is 4.67. The number of alkyl halides is 1. The second-order valence-corrected chi connectivity index (χ2v) is 5.02. The third kappa shape index (κ3) is 2.29. The van der Waals surface area contributed by atoms with Gasteiger partial charge >= 0.3 is 0 Å². The molecule has 0 N–H and O–H groups in total. The Labute approximate surface area is 99.3 Å². The van der Waals surface area contributed by atoms with Gasteiger partial charge in [-0.05, 0) is 49.6 Å². The summed E-state index contributed by atoms with van der Waals surface area (Å²) in [5.41, 5.74) is 1.22. The monoisotopic (exact) mass is 404 g/mol. The second-order valence-electron chi connectivity index (χ2n) is 1.96. The van der Waals surface area contributed by atoms with Crippen LogP contribution in [-0.4, -0.2) is 0 Å². The third-order valence-electron chi connectivity index (χ3n) is 1.27. The zero-order chi connectivity index (χ0) is 8.43. The molecule has 60 valence electrons. The minimum absolute atomic E-state index is 0.841. The first-order valence-corrected chi connectivity index (χ1v) is 6.35. The Bertz CT molecular complexity index is 269. The summed E-state index contributed by atoms with van der Waals surface area (Å²) in [6.45, 7) is 0. The quantitative estimate of drug-likeness (QED) is 0.460. The van der Waals surface area contributed by atoms with Crippen molar-refractivity contribution >= 4 is 63.7 Å². The van der Waals surface area contributed by atoms with Crippen molar-refractivity contribution in [2.24, 2.45) is 0 Å². The van der Waals surface area contributed by atoms with E-state index in [0.717, 1.165) is 18.7 Å². The molecule has 0 aliphatic carbocycles. The number of benzene rings is 1. The van der Waals surface area contributed by atoms with Crippen LogP contribution in [0.25, 0.3) is 0 Å². The molecule has 1 aromatic rings. The molecule has 0 heterocycles. The standard InChI is InChI=1S/C7H4Br4/c8-3-4-5(9)1-2-6(10)7(4)11/h1-2H,3H2. The first kappa shape index (κ1) is 10.2. The van der Waals surface area contributed by atoms with Crippen molar-refractivity contribution in [3.05, 3.63) is 31.1 Å². The van der Waals surface area contributed by atoms with Gasteiger partial charge < -0.3 is 0 Å². The van der Waals surface area contributed by atoms with Gasteiger partial charge in [-0.1, -0.05) is 31.9 Å². The molecular formula is C7H4Br4. The van der Waals surface area contributed by atoms with Crippen molar-refractivity contribution in [3.8, 4) is 0 Å². The van der Waals surface area contributed by atoms with Crippen LogP contribution in [0.1, 0.15) is 5.56 Å². The van der Waals surface area contributed by atoms with Crippen molar-refractivity contribution in [1.82, 2.24) is 0 Å². The van der Waals surface area contributed by atoms with Gasteiger partial charge in [-0.2, -0.15) is 0 Å². The number of hydrogen-bond donors (Lipinski definition) is 0. The minimum Gasteiger partial charge on any atom is -0.0875 e. The molecule has 0 bridgehead atoms. The van der Waals surface area contributed by atoms with Crippen LogP contribution in [0.5, 0.6) is 0 Å². The summed E-state index contributed by atoms with van der Waals surface area (Å²) in [6, 6.07) is 4.02. The number of rotatable bonds is 1. The van der Waals surface area contributed by atoms with Gasteiger partial charge in [0.2, 0.25) is 0 Å². The molecule has 1 aromatic carbocycles. The van der Waals surface area contributed by atoms with Crippen molar-refractivity contribution in [2.75, 3.05) is 0 Å². The normalized spacial score (nSPS) is 10.2. The molecule has 0 amide bonds. The van der Waals surface area contributed by atoms with E-state index in [4.69, 9.17) is 0 Å². The van der Waals surface area contributed by atoms with Gasteiger partial charge in [0.25, 0.3) is 0 Å². The lowest BCUT2D eigenvalue weighted by Gasteiger charge is -2.04. The van der Waals surface area contributed by atoms with Crippen molar-refractivity contribution < 1.29 is 0 Å². The Hall–Kier alpha value is 1.14. The van der Waals surface area contributed by atoms with E-state index in [1.165, 1.54) is 5.56 Å². The zero-order valence-electron chi connectivity index (χ0n) is 5.37. The maximum Gasteiger partial charge on any atom is 0.0369 e. The predicted molar refractivity (Wildman–Crippen MR) is 62.2 cm³/mol. The van der Waals surface area contributed by atoms with E-state index in [-0.39, 0.29) is 0 Å². The molecule has 0 saturated heterocycles. The number of halogens is 4. The lowest BCUT2D eigenvalue weighted by atomic mass is 10.2. The molecule has 0 nitrogen and oxygen atoms in total. The highest BCUT2D eigenvalue weighted by Crippen LogP contribution is 2.33. The van der Waals surface area contributed by atoms with E-state index in [9.17, 15) is 0 Å². The lowest BCUT2D eigenvalue weighted by Crippen LogP contribution is -1.83. The Morgan fingerprint density at radius 2 is 1.55 bits per heavy atom. The van der Waals surface area contributed by atoms with Gasteiger partial charge in [0.1, 0.15) is 0 Å². The first-order chi connectivity index (χ1) is 5.16. The van der Waals surface area contributed by atoms with Gasteiger partial charge in [-0.3, -0.25) is 0 Å². The SMILES string of the molecule is BrCc1c(Br)ccc(Br)c1Br. The van der Waals surface area contributed by atoms with Gasteiger partial charge in [0.15, 0.2) is 0 Å². The summed E-state index contributed by atoms with van der Waals surface area (Å²) in [7, 11) is 0. The Balaban J connectivity index is 3.29. The van der Waals surface area contributed by atoms with Crippen LogP contribution in [0.3, 0.4) is 0 Å². The Kier molecular flexibility index (Phi) is 4.09. The molecule has 0 atom stereocenters. The fourth-order valence-corrected chi connectivity index (χ4v) is 3.62. The fraction of sp³-hybridized carbons (Fsp3) is 0.143. The van der Waals surface area contributed by atoms with Gasteiger partial charge in [-0.25, -0.2) is 0 Å². The molecule has 11 heavy (non-hydrogen) atoms. The molecule has 0 radical (unpaired) electrons. The summed E-state index contributed by atoms with van der Waals surface area (Å²) in [5, 5.41) is 0.841. The van der Waals surface area contributed by atoms with E-state index in [1.807, 2.05) is 12.1 Å². The predicted octanol–water partition coefficient (Wildman–Crippen LogP) is 4.87. The molecule has 1 rings (SSSR count). The molecule has 4 heteroatoms. The average molecular weight is 408 g/mol. The summed E-state index contributed by atoms with van der Waals surface area (Å²) in [5.74, 6) is 0. The highest BCUT2D eigenvalue weighted by molar-refractivity contribution is 9.13. The summed E-state index contributed by atoms with van der Waals surface area (Å²) in [6.07, 6.45) is 0.